The molecule has 0 aliphatic heterocycles. The van der Waals surface area contributed by atoms with Crippen molar-refractivity contribution in [1.29, 1.82) is 5.41 Å². The maximum Gasteiger partial charge on any atom is 0.131 e. The van der Waals surface area contributed by atoms with Crippen molar-refractivity contribution < 1.29 is 4.39 Å². The lowest BCUT2D eigenvalue weighted by molar-refractivity contribution is 0.632. The molecule has 106 valence electrons. The first-order valence-electron chi connectivity index (χ1n) is 6.90. The number of nitrogens with zero attached hydrogens (tertiary/aromatic N) is 2. The number of hydrogen-bond acceptors (Lipinski definition) is 2. The number of aromatic nitrogens is 2. The highest BCUT2D eigenvalue weighted by molar-refractivity contribution is 5.85. The first kappa shape index (κ1) is 13.5. The second kappa shape index (κ2) is 5.13. The van der Waals surface area contributed by atoms with Crippen LogP contribution < -0.4 is 5.36 Å². The van der Waals surface area contributed by atoms with E-state index in [-0.39, 0.29) is 5.82 Å². The third kappa shape index (κ3) is 2.23. The number of hydrogen-bond donors (Lipinski definition) is 1. The van der Waals surface area contributed by atoms with Crippen LogP contribution in [0.3, 0.4) is 0 Å². The number of nitrogens with one attached hydrogen (secondary N) is 1. The number of fused-ring (bicyclic) bond motifs is 1. The highest BCUT2D eigenvalue weighted by Crippen LogP contribution is 2.26. The average Bonchev–Trinajstić information content (AvgIpc) is 2.51. The molecule has 21 heavy (non-hydrogen) atoms. The second-order valence-electron chi connectivity index (χ2n) is 5.06. The molecule has 0 saturated carbocycles. The maximum absolute atomic E-state index is 14.4. The van der Waals surface area contributed by atoms with Gasteiger partial charge in [-0.3, -0.25) is 10.4 Å². The molecule has 3 aromatic rings. The Morgan fingerprint density at radius 2 is 1.95 bits per heavy atom. The van der Waals surface area contributed by atoms with E-state index in [9.17, 15) is 4.39 Å². The van der Waals surface area contributed by atoms with Gasteiger partial charge in [-0.05, 0) is 49.2 Å². The summed E-state index contributed by atoms with van der Waals surface area (Å²) < 4.78 is 16.5. The van der Waals surface area contributed by atoms with Gasteiger partial charge < -0.3 is 4.57 Å². The maximum atomic E-state index is 14.4. The van der Waals surface area contributed by atoms with Crippen molar-refractivity contribution in [2.75, 3.05) is 0 Å². The van der Waals surface area contributed by atoms with E-state index in [1.165, 1.54) is 6.07 Å². The van der Waals surface area contributed by atoms with Crippen molar-refractivity contribution in [3.63, 3.8) is 0 Å². The predicted molar refractivity (Wildman–Crippen MR) is 81.4 cm³/mol. The summed E-state index contributed by atoms with van der Waals surface area (Å²) in [5, 5.41) is 9.17. The predicted octanol–water partition coefficient (Wildman–Crippen LogP) is 3.65. The molecule has 0 radical (unpaired) electrons. The van der Waals surface area contributed by atoms with Crippen LogP contribution >= 0.6 is 0 Å². The van der Waals surface area contributed by atoms with Gasteiger partial charge in [-0.25, -0.2) is 4.39 Å². The van der Waals surface area contributed by atoms with E-state index in [1.54, 1.807) is 24.5 Å². The molecule has 2 heterocycles. The van der Waals surface area contributed by atoms with Crippen molar-refractivity contribution in [2.45, 2.75) is 20.4 Å². The van der Waals surface area contributed by atoms with Crippen LogP contribution in [0.1, 0.15) is 12.5 Å². The van der Waals surface area contributed by atoms with Crippen LogP contribution in [0.2, 0.25) is 0 Å². The van der Waals surface area contributed by atoms with Crippen LogP contribution in [0.4, 0.5) is 4.39 Å². The molecular formula is C17H16FN3. The van der Waals surface area contributed by atoms with Gasteiger partial charge in [0.2, 0.25) is 0 Å². The number of pyridine rings is 2. The first-order valence-corrected chi connectivity index (χ1v) is 6.90. The minimum absolute atomic E-state index is 0.310. The van der Waals surface area contributed by atoms with Crippen LogP contribution in [0.25, 0.3) is 22.0 Å². The monoisotopic (exact) mass is 281 g/mol. The SMILES string of the molecule is CCn1cc(C)c(=N)c2cc(F)c(-c3ccncc3)cc21. The zero-order chi connectivity index (χ0) is 15.0. The van der Waals surface area contributed by atoms with Gasteiger partial charge in [0.05, 0.1) is 10.9 Å². The normalized spacial score (nSPS) is 11.0. The molecule has 0 fully saturated rings. The molecule has 0 saturated heterocycles. The fourth-order valence-electron chi connectivity index (χ4n) is 2.59. The van der Waals surface area contributed by atoms with Crippen molar-refractivity contribution >= 4 is 10.9 Å². The molecule has 0 aliphatic rings. The second-order valence-corrected chi connectivity index (χ2v) is 5.06. The highest BCUT2D eigenvalue weighted by Gasteiger charge is 2.11. The molecule has 1 aromatic carbocycles. The fourth-order valence-corrected chi connectivity index (χ4v) is 2.59. The quantitative estimate of drug-likeness (QED) is 0.765. The van der Waals surface area contributed by atoms with Gasteiger partial charge in [-0.1, -0.05) is 0 Å². The Hall–Kier alpha value is -2.49. The van der Waals surface area contributed by atoms with Crippen molar-refractivity contribution in [1.82, 2.24) is 9.55 Å². The Labute approximate surface area is 122 Å². The Kier molecular flexibility index (Phi) is 3.29. The minimum Gasteiger partial charge on any atom is -0.347 e. The topological polar surface area (TPSA) is 41.7 Å². The summed E-state index contributed by atoms with van der Waals surface area (Å²) in [4.78, 5) is 3.96. The van der Waals surface area contributed by atoms with E-state index in [0.717, 1.165) is 23.2 Å². The lowest BCUT2D eigenvalue weighted by atomic mass is 10.0. The third-order valence-electron chi connectivity index (χ3n) is 3.74. The van der Waals surface area contributed by atoms with Gasteiger partial charge in [0.1, 0.15) is 5.82 Å². The zero-order valence-electron chi connectivity index (χ0n) is 12.0. The third-order valence-corrected chi connectivity index (χ3v) is 3.74. The molecule has 4 heteroatoms. The summed E-state index contributed by atoms with van der Waals surface area (Å²) in [5.41, 5.74) is 3.05. The number of rotatable bonds is 2. The molecule has 0 unspecified atom stereocenters. The lowest BCUT2D eigenvalue weighted by Crippen LogP contribution is -2.12. The van der Waals surface area contributed by atoms with Crippen LogP contribution in [0.5, 0.6) is 0 Å². The van der Waals surface area contributed by atoms with E-state index in [2.05, 4.69) is 4.98 Å². The number of aryl methyl sites for hydroxylation is 2. The molecule has 0 amide bonds. The largest absolute Gasteiger partial charge is 0.347 e. The molecule has 1 N–H and O–H groups in total. The summed E-state index contributed by atoms with van der Waals surface area (Å²) in [6.45, 7) is 4.69. The van der Waals surface area contributed by atoms with E-state index >= 15 is 0 Å². The summed E-state index contributed by atoms with van der Waals surface area (Å²) in [6.07, 6.45) is 5.24. The van der Waals surface area contributed by atoms with Crippen LogP contribution in [-0.4, -0.2) is 9.55 Å². The van der Waals surface area contributed by atoms with Gasteiger partial charge >= 0.3 is 0 Å². The summed E-state index contributed by atoms with van der Waals surface area (Å²) in [6, 6.07) is 6.86. The number of benzene rings is 1. The Morgan fingerprint density at radius 1 is 1.24 bits per heavy atom. The summed E-state index contributed by atoms with van der Waals surface area (Å²) in [7, 11) is 0. The average molecular weight is 281 g/mol. The van der Waals surface area contributed by atoms with Crippen LogP contribution in [0, 0.1) is 18.2 Å². The zero-order valence-corrected chi connectivity index (χ0v) is 12.0. The lowest BCUT2D eigenvalue weighted by Gasteiger charge is -2.13. The molecule has 3 rings (SSSR count). The van der Waals surface area contributed by atoms with Gasteiger partial charge in [-0.2, -0.15) is 0 Å². The Bertz CT molecular complexity index is 867. The van der Waals surface area contributed by atoms with Gasteiger partial charge in [0, 0.05) is 36.1 Å². The Balaban J connectivity index is 2.38. The van der Waals surface area contributed by atoms with E-state index in [0.29, 0.717) is 16.3 Å². The van der Waals surface area contributed by atoms with E-state index in [1.807, 2.05) is 30.7 Å². The Morgan fingerprint density at radius 3 is 2.62 bits per heavy atom. The summed E-state index contributed by atoms with van der Waals surface area (Å²) >= 11 is 0. The van der Waals surface area contributed by atoms with Crippen LogP contribution in [0.15, 0.2) is 42.9 Å². The van der Waals surface area contributed by atoms with Crippen molar-refractivity contribution in [2.24, 2.45) is 0 Å². The fraction of sp³-hybridized carbons (Fsp3) is 0.176. The summed E-state index contributed by atoms with van der Waals surface area (Å²) in [5.74, 6) is -0.310. The first-order chi connectivity index (χ1) is 10.1. The molecule has 2 aromatic heterocycles. The minimum atomic E-state index is -0.310. The molecule has 0 atom stereocenters. The molecule has 3 nitrogen and oxygen atoms in total. The van der Waals surface area contributed by atoms with E-state index < -0.39 is 0 Å². The van der Waals surface area contributed by atoms with Crippen molar-refractivity contribution in [3.8, 4) is 11.1 Å². The van der Waals surface area contributed by atoms with Gasteiger partial charge in [-0.15, -0.1) is 0 Å². The standard InChI is InChI=1S/C17H16FN3/c1-3-21-10-11(2)17(19)14-8-15(18)13(9-16(14)21)12-4-6-20-7-5-12/h4-10,19H,3H2,1-2H3. The van der Waals surface area contributed by atoms with Crippen LogP contribution in [-0.2, 0) is 6.54 Å². The molecule has 0 bridgehead atoms. The van der Waals surface area contributed by atoms with Crippen molar-refractivity contribution in [3.05, 3.63) is 59.6 Å². The van der Waals surface area contributed by atoms with Gasteiger partial charge in [0.15, 0.2) is 0 Å². The molecular weight excluding hydrogens is 265 g/mol. The smallest absolute Gasteiger partial charge is 0.131 e. The number of halogens is 1. The highest BCUT2D eigenvalue weighted by atomic mass is 19.1. The molecule has 0 aliphatic carbocycles. The van der Waals surface area contributed by atoms with E-state index in [4.69, 9.17) is 5.41 Å². The van der Waals surface area contributed by atoms with Gasteiger partial charge in [0.25, 0.3) is 0 Å². The molecule has 0 spiro atoms.